The third kappa shape index (κ3) is 3.17. The molecule has 0 bridgehead atoms. The zero-order valence-electron chi connectivity index (χ0n) is 10.3. The number of benzene rings is 1. The molecule has 0 aliphatic heterocycles. The van der Waals surface area contributed by atoms with Crippen LogP contribution >= 0.6 is 0 Å². The molecule has 0 aliphatic carbocycles. The van der Waals surface area contributed by atoms with Crippen LogP contribution in [0.15, 0.2) is 54.9 Å². The predicted molar refractivity (Wildman–Crippen MR) is 71.4 cm³/mol. The second-order valence-corrected chi connectivity index (χ2v) is 4.26. The average Bonchev–Trinajstić information content (AvgIpc) is 2.46. The molecule has 1 unspecified atom stereocenters. The van der Waals surface area contributed by atoms with Crippen molar-refractivity contribution in [2.75, 3.05) is 6.54 Å². The van der Waals surface area contributed by atoms with Crippen LogP contribution in [0.1, 0.15) is 28.8 Å². The van der Waals surface area contributed by atoms with E-state index >= 15 is 0 Å². The molecular weight excluding hydrogens is 224 g/mol. The van der Waals surface area contributed by atoms with Gasteiger partial charge in [-0.3, -0.25) is 9.78 Å². The largest absolute Gasteiger partial charge is 0.351 e. The summed E-state index contributed by atoms with van der Waals surface area (Å²) >= 11 is 0. The summed E-state index contributed by atoms with van der Waals surface area (Å²) in [5.74, 6) is 0.247. The molecule has 1 atom stereocenters. The second kappa shape index (κ2) is 5.96. The lowest BCUT2D eigenvalue weighted by atomic mass is 10.0. The van der Waals surface area contributed by atoms with Crippen LogP contribution in [0.5, 0.6) is 0 Å². The summed E-state index contributed by atoms with van der Waals surface area (Å²) in [6, 6.07) is 13.6. The fraction of sp³-hybridized carbons (Fsp3) is 0.200. The molecular formula is C15H16N2O. The van der Waals surface area contributed by atoms with Crippen molar-refractivity contribution < 1.29 is 4.79 Å². The molecule has 3 nitrogen and oxygen atoms in total. The fourth-order valence-electron chi connectivity index (χ4n) is 1.75. The second-order valence-electron chi connectivity index (χ2n) is 4.26. The van der Waals surface area contributed by atoms with Crippen molar-refractivity contribution >= 4 is 5.91 Å². The normalized spacial score (nSPS) is 11.8. The highest BCUT2D eigenvalue weighted by Gasteiger charge is 2.08. The fourth-order valence-corrected chi connectivity index (χ4v) is 1.75. The van der Waals surface area contributed by atoms with Gasteiger partial charge in [0, 0.05) is 24.5 Å². The maximum atomic E-state index is 11.8. The number of carbonyl (C=O) groups is 1. The highest BCUT2D eigenvalue weighted by Crippen LogP contribution is 2.13. The van der Waals surface area contributed by atoms with E-state index in [0.29, 0.717) is 18.0 Å². The van der Waals surface area contributed by atoms with Gasteiger partial charge in [0.1, 0.15) is 0 Å². The van der Waals surface area contributed by atoms with Gasteiger partial charge in [0.25, 0.3) is 5.91 Å². The molecule has 0 saturated heterocycles. The minimum Gasteiger partial charge on any atom is -0.351 e. The average molecular weight is 240 g/mol. The number of carbonyl (C=O) groups excluding carboxylic acids is 1. The summed E-state index contributed by atoms with van der Waals surface area (Å²) in [5.41, 5.74) is 1.87. The van der Waals surface area contributed by atoms with Crippen LogP contribution in [0, 0.1) is 0 Å². The summed E-state index contributed by atoms with van der Waals surface area (Å²) in [6.45, 7) is 2.73. The van der Waals surface area contributed by atoms with Crippen molar-refractivity contribution in [2.24, 2.45) is 0 Å². The Morgan fingerprint density at radius 2 is 1.83 bits per heavy atom. The highest BCUT2D eigenvalue weighted by molar-refractivity contribution is 5.93. The van der Waals surface area contributed by atoms with Gasteiger partial charge in [-0.25, -0.2) is 0 Å². The topological polar surface area (TPSA) is 42.0 Å². The molecule has 1 amide bonds. The molecule has 1 heterocycles. The number of hydrogen-bond donors (Lipinski definition) is 1. The zero-order chi connectivity index (χ0) is 12.8. The van der Waals surface area contributed by atoms with Crippen LogP contribution in [0.4, 0.5) is 0 Å². The Labute approximate surface area is 107 Å². The molecule has 3 heteroatoms. The number of aromatic nitrogens is 1. The van der Waals surface area contributed by atoms with Crippen LogP contribution in [-0.4, -0.2) is 17.4 Å². The minimum absolute atomic E-state index is 0.0554. The van der Waals surface area contributed by atoms with Gasteiger partial charge in [0.2, 0.25) is 0 Å². The monoisotopic (exact) mass is 240 g/mol. The van der Waals surface area contributed by atoms with Crippen molar-refractivity contribution in [1.29, 1.82) is 0 Å². The van der Waals surface area contributed by atoms with Gasteiger partial charge in [-0.05, 0) is 23.6 Å². The van der Waals surface area contributed by atoms with Gasteiger partial charge >= 0.3 is 0 Å². The van der Waals surface area contributed by atoms with E-state index in [1.54, 1.807) is 24.5 Å². The van der Waals surface area contributed by atoms with Crippen molar-refractivity contribution in [1.82, 2.24) is 10.3 Å². The Bertz CT molecular complexity index is 496. The lowest BCUT2D eigenvalue weighted by Crippen LogP contribution is -2.27. The first-order valence-electron chi connectivity index (χ1n) is 6.00. The predicted octanol–water partition coefficient (Wildman–Crippen LogP) is 2.62. The molecule has 1 aromatic carbocycles. The van der Waals surface area contributed by atoms with E-state index < -0.39 is 0 Å². The van der Waals surface area contributed by atoms with Gasteiger partial charge in [-0.2, -0.15) is 0 Å². The molecule has 0 fully saturated rings. The molecule has 1 aromatic heterocycles. The smallest absolute Gasteiger partial charge is 0.251 e. The van der Waals surface area contributed by atoms with Crippen LogP contribution in [0.2, 0.25) is 0 Å². The molecule has 0 spiro atoms. The van der Waals surface area contributed by atoms with Crippen molar-refractivity contribution in [3.63, 3.8) is 0 Å². The van der Waals surface area contributed by atoms with E-state index in [2.05, 4.69) is 29.4 Å². The first-order chi connectivity index (χ1) is 8.77. The number of hydrogen-bond acceptors (Lipinski definition) is 2. The number of pyridine rings is 1. The third-order valence-corrected chi connectivity index (χ3v) is 2.88. The molecule has 1 N–H and O–H groups in total. The molecule has 0 radical (unpaired) electrons. The summed E-state index contributed by atoms with van der Waals surface area (Å²) in [6.07, 6.45) is 3.24. The Balaban J connectivity index is 1.91. The Kier molecular flexibility index (Phi) is 4.07. The van der Waals surface area contributed by atoms with Crippen LogP contribution < -0.4 is 5.32 Å². The van der Waals surface area contributed by atoms with E-state index in [4.69, 9.17) is 0 Å². The van der Waals surface area contributed by atoms with Gasteiger partial charge < -0.3 is 5.32 Å². The SMILES string of the molecule is CC(CNC(=O)c1ccncc1)c1ccccc1. The summed E-state index contributed by atoms with van der Waals surface area (Å²) in [7, 11) is 0. The van der Waals surface area contributed by atoms with Crippen LogP contribution in [0.3, 0.4) is 0 Å². The van der Waals surface area contributed by atoms with Gasteiger partial charge in [0.15, 0.2) is 0 Å². The van der Waals surface area contributed by atoms with Gasteiger partial charge in [-0.1, -0.05) is 37.3 Å². The molecule has 0 aliphatic rings. The van der Waals surface area contributed by atoms with Gasteiger partial charge in [-0.15, -0.1) is 0 Å². The Morgan fingerprint density at radius 3 is 2.50 bits per heavy atom. The Hall–Kier alpha value is -2.16. The number of amides is 1. The zero-order valence-corrected chi connectivity index (χ0v) is 10.3. The Morgan fingerprint density at radius 1 is 1.17 bits per heavy atom. The van der Waals surface area contributed by atoms with Crippen molar-refractivity contribution in [3.05, 3.63) is 66.0 Å². The number of rotatable bonds is 4. The molecule has 2 aromatic rings. The first kappa shape index (κ1) is 12.3. The minimum atomic E-state index is -0.0554. The standard InChI is InChI=1S/C15H16N2O/c1-12(13-5-3-2-4-6-13)11-17-15(18)14-7-9-16-10-8-14/h2-10,12H,11H2,1H3,(H,17,18). The summed E-state index contributed by atoms with van der Waals surface area (Å²) < 4.78 is 0. The number of nitrogens with one attached hydrogen (secondary N) is 1. The summed E-state index contributed by atoms with van der Waals surface area (Å²) in [5, 5.41) is 2.93. The van der Waals surface area contributed by atoms with E-state index in [1.807, 2.05) is 18.2 Å². The van der Waals surface area contributed by atoms with Crippen molar-refractivity contribution in [2.45, 2.75) is 12.8 Å². The lowest BCUT2D eigenvalue weighted by Gasteiger charge is -2.12. The lowest BCUT2D eigenvalue weighted by molar-refractivity contribution is 0.0951. The summed E-state index contributed by atoms with van der Waals surface area (Å²) in [4.78, 5) is 15.7. The molecule has 18 heavy (non-hydrogen) atoms. The third-order valence-electron chi connectivity index (χ3n) is 2.88. The number of nitrogens with zero attached hydrogens (tertiary/aromatic N) is 1. The highest BCUT2D eigenvalue weighted by atomic mass is 16.1. The molecule has 2 rings (SSSR count). The van der Waals surface area contributed by atoms with Gasteiger partial charge in [0.05, 0.1) is 0 Å². The van der Waals surface area contributed by atoms with Crippen molar-refractivity contribution in [3.8, 4) is 0 Å². The molecule has 92 valence electrons. The maximum Gasteiger partial charge on any atom is 0.251 e. The maximum absolute atomic E-state index is 11.8. The first-order valence-corrected chi connectivity index (χ1v) is 6.00. The van der Waals surface area contributed by atoms with Crippen LogP contribution in [0.25, 0.3) is 0 Å². The van der Waals surface area contributed by atoms with Crippen LogP contribution in [-0.2, 0) is 0 Å². The molecule has 0 saturated carbocycles. The van der Waals surface area contributed by atoms with E-state index in [-0.39, 0.29) is 5.91 Å². The quantitative estimate of drug-likeness (QED) is 0.892. The van der Waals surface area contributed by atoms with E-state index in [9.17, 15) is 4.79 Å². The van der Waals surface area contributed by atoms with E-state index in [1.165, 1.54) is 5.56 Å². The van der Waals surface area contributed by atoms with E-state index in [0.717, 1.165) is 0 Å².